The number of nitrogens with zero attached hydrogens (tertiary/aromatic N) is 7. The first-order valence-electron chi connectivity index (χ1n) is 13.7. The molecular weight excluding hydrogens is 527 g/mol. The van der Waals surface area contributed by atoms with Gasteiger partial charge in [-0.25, -0.2) is 4.98 Å². The summed E-state index contributed by atoms with van der Waals surface area (Å²) in [5, 5.41) is 0.603. The molecule has 3 aromatic rings. The van der Waals surface area contributed by atoms with E-state index < -0.39 is 11.7 Å². The van der Waals surface area contributed by atoms with Crippen LogP contribution in [-0.4, -0.2) is 58.7 Å². The predicted octanol–water partition coefficient (Wildman–Crippen LogP) is 6.09. The van der Waals surface area contributed by atoms with Gasteiger partial charge in [0.1, 0.15) is 5.82 Å². The third-order valence-electron chi connectivity index (χ3n) is 8.15. The number of aromatic nitrogens is 4. The summed E-state index contributed by atoms with van der Waals surface area (Å²) in [4.78, 5) is 24.9. The number of alkyl halides is 3. The van der Waals surface area contributed by atoms with Gasteiger partial charge in [0.25, 0.3) is 0 Å². The minimum atomic E-state index is -4.46. The maximum absolute atomic E-state index is 13.6. The Morgan fingerprint density at radius 2 is 1.54 bits per heavy atom. The monoisotopic (exact) mass is 557 g/mol. The Labute approximate surface area is 231 Å². The molecule has 0 radical (unpaired) electrons. The highest BCUT2D eigenvalue weighted by Gasteiger charge is 2.37. The number of halogens is 4. The van der Waals surface area contributed by atoms with Crippen molar-refractivity contribution in [3.63, 3.8) is 0 Å². The fourth-order valence-electron chi connectivity index (χ4n) is 6.24. The highest BCUT2D eigenvalue weighted by Crippen LogP contribution is 2.38. The first-order valence-corrected chi connectivity index (χ1v) is 14.1. The number of piperidine rings is 1. The molecule has 1 saturated carbocycles. The van der Waals surface area contributed by atoms with Gasteiger partial charge in [0.05, 0.1) is 5.56 Å². The Balaban J connectivity index is 1.30. The van der Waals surface area contributed by atoms with Crippen LogP contribution in [0.3, 0.4) is 0 Å². The van der Waals surface area contributed by atoms with E-state index in [0.29, 0.717) is 60.9 Å². The van der Waals surface area contributed by atoms with Crippen molar-refractivity contribution in [2.24, 2.45) is 5.92 Å². The second-order valence-electron chi connectivity index (χ2n) is 10.6. The van der Waals surface area contributed by atoms with Crippen LogP contribution in [0.1, 0.15) is 44.1 Å². The van der Waals surface area contributed by atoms with Crippen molar-refractivity contribution in [3.05, 3.63) is 53.2 Å². The van der Waals surface area contributed by atoms with E-state index in [1.54, 1.807) is 4.90 Å². The van der Waals surface area contributed by atoms with E-state index in [9.17, 15) is 13.2 Å². The lowest BCUT2D eigenvalue weighted by atomic mass is 9.78. The molecule has 2 aromatic heterocycles. The average molecular weight is 558 g/mol. The molecule has 0 spiro atoms. The Hall–Kier alpha value is -3.14. The molecule has 3 fully saturated rings. The smallest absolute Gasteiger partial charge is 0.353 e. The lowest BCUT2D eigenvalue weighted by Gasteiger charge is -2.44. The number of anilines is 3. The molecule has 11 heteroatoms. The number of hydrogen-bond acceptors (Lipinski definition) is 7. The summed E-state index contributed by atoms with van der Waals surface area (Å²) in [5.41, 5.74) is 0.0998. The van der Waals surface area contributed by atoms with Crippen LogP contribution in [0.25, 0.3) is 11.4 Å². The Kier molecular flexibility index (Phi) is 7.22. The summed E-state index contributed by atoms with van der Waals surface area (Å²) in [6.07, 6.45) is 4.19. The van der Waals surface area contributed by atoms with Gasteiger partial charge in [-0.1, -0.05) is 36.6 Å². The molecule has 0 amide bonds. The Morgan fingerprint density at radius 3 is 2.33 bits per heavy atom. The number of piperazine rings is 1. The number of hydrogen-bond donors (Lipinski definition) is 0. The lowest BCUT2D eigenvalue weighted by molar-refractivity contribution is -0.137. The average Bonchev–Trinajstić information content (AvgIpc) is 2.96. The van der Waals surface area contributed by atoms with Gasteiger partial charge in [-0.2, -0.15) is 28.1 Å². The van der Waals surface area contributed by atoms with Crippen LogP contribution >= 0.6 is 11.6 Å². The van der Waals surface area contributed by atoms with Gasteiger partial charge < -0.3 is 14.7 Å². The molecule has 2 atom stereocenters. The van der Waals surface area contributed by atoms with Crippen LogP contribution in [0.5, 0.6) is 0 Å². The molecule has 39 heavy (non-hydrogen) atoms. The van der Waals surface area contributed by atoms with Gasteiger partial charge in [-0.15, -0.1) is 0 Å². The van der Waals surface area contributed by atoms with Gasteiger partial charge in [-0.3, -0.25) is 0 Å². The van der Waals surface area contributed by atoms with Gasteiger partial charge in [0, 0.05) is 55.5 Å². The molecule has 0 bridgehead atoms. The van der Waals surface area contributed by atoms with Crippen molar-refractivity contribution in [3.8, 4) is 11.4 Å². The van der Waals surface area contributed by atoms with E-state index in [2.05, 4.69) is 9.88 Å². The molecule has 6 rings (SSSR count). The molecule has 206 valence electrons. The predicted molar refractivity (Wildman–Crippen MR) is 146 cm³/mol. The van der Waals surface area contributed by atoms with E-state index in [1.807, 2.05) is 29.2 Å². The quantitative estimate of drug-likeness (QED) is 0.384. The molecule has 2 saturated heterocycles. The highest BCUT2D eigenvalue weighted by molar-refractivity contribution is 6.30. The number of pyridine rings is 1. The van der Waals surface area contributed by atoms with Crippen LogP contribution < -0.4 is 14.7 Å². The van der Waals surface area contributed by atoms with Gasteiger partial charge in [0.15, 0.2) is 5.82 Å². The summed E-state index contributed by atoms with van der Waals surface area (Å²) < 4.78 is 40.8. The van der Waals surface area contributed by atoms with Crippen LogP contribution in [0.2, 0.25) is 5.02 Å². The third kappa shape index (κ3) is 5.48. The molecule has 2 aliphatic heterocycles. The van der Waals surface area contributed by atoms with E-state index in [4.69, 9.17) is 26.6 Å². The zero-order valence-corrected chi connectivity index (χ0v) is 22.4. The highest BCUT2D eigenvalue weighted by atomic mass is 35.5. The topological polar surface area (TPSA) is 61.3 Å². The standard InChI is InChI=1S/C28H31ClF3N7/c29-21-9-3-7-20(18-21)24-34-26(36-27(35-24)39-13-5-8-19-6-1-2-11-23(19)39)38-16-14-37(15-17-38)25-22(28(30,31)32)10-4-12-33-25/h3-4,7,9-10,12,18-19,23H,1-2,5-6,8,11,13-17H2. The molecule has 7 nitrogen and oxygen atoms in total. The molecule has 0 N–H and O–H groups in total. The van der Waals surface area contributed by atoms with Gasteiger partial charge >= 0.3 is 6.18 Å². The molecule has 2 unspecified atom stereocenters. The van der Waals surface area contributed by atoms with Crippen LogP contribution in [0.4, 0.5) is 30.9 Å². The van der Waals surface area contributed by atoms with Gasteiger partial charge in [0.2, 0.25) is 11.9 Å². The van der Waals surface area contributed by atoms with Crippen molar-refractivity contribution in [2.45, 2.75) is 50.7 Å². The van der Waals surface area contributed by atoms with Crippen LogP contribution in [0, 0.1) is 5.92 Å². The second kappa shape index (κ2) is 10.8. The van der Waals surface area contributed by atoms with Crippen LogP contribution in [-0.2, 0) is 6.18 Å². The van der Waals surface area contributed by atoms with E-state index in [-0.39, 0.29) is 5.82 Å². The molecule has 1 aliphatic carbocycles. The van der Waals surface area contributed by atoms with E-state index >= 15 is 0 Å². The molecule has 3 aliphatic rings. The largest absolute Gasteiger partial charge is 0.419 e. The van der Waals surface area contributed by atoms with Crippen molar-refractivity contribution in [2.75, 3.05) is 47.4 Å². The molecular formula is C28H31ClF3N7. The number of fused-ring (bicyclic) bond motifs is 1. The fraction of sp³-hybridized carbons (Fsp3) is 0.500. The molecule has 4 heterocycles. The van der Waals surface area contributed by atoms with Crippen molar-refractivity contribution in [1.29, 1.82) is 0 Å². The first-order chi connectivity index (χ1) is 18.9. The summed E-state index contributed by atoms with van der Waals surface area (Å²) in [6, 6.07) is 10.3. The Bertz CT molecular complexity index is 1310. The zero-order chi connectivity index (χ0) is 27.0. The zero-order valence-electron chi connectivity index (χ0n) is 21.6. The van der Waals surface area contributed by atoms with Gasteiger partial charge in [-0.05, 0) is 55.9 Å². The van der Waals surface area contributed by atoms with Crippen molar-refractivity contribution < 1.29 is 13.2 Å². The van der Waals surface area contributed by atoms with Crippen molar-refractivity contribution >= 4 is 29.3 Å². The minimum absolute atomic E-state index is 0.0303. The SMILES string of the molecule is FC(F)(F)c1cccnc1N1CCN(c2nc(-c3cccc(Cl)c3)nc(N3CCCC4CCCCC43)n2)CC1. The first kappa shape index (κ1) is 26.1. The summed E-state index contributed by atoms with van der Waals surface area (Å²) in [6.45, 7) is 2.61. The maximum atomic E-state index is 13.6. The summed E-state index contributed by atoms with van der Waals surface area (Å²) in [7, 11) is 0. The third-order valence-corrected chi connectivity index (χ3v) is 8.38. The number of benzene rings is 1. The van der Waals surface area contributed by atoms with E-state index in [0.717, 1.165) is 31.0 Å². The van der Waals surface area contributed by atoms with E-state index in [1.165, 1.54) is 37.9 Å². The van der Waals surface area contributed by atoms with Crippen LogP contribution in [0.15, 0.2) is 42.6 Å². The normalized spacial score (nSPS) is 22.1. The summed E-state index contributed by atoms with van der Waals surface area (Å²) in [5.74, 6) is 2.41. The minimum Gasteiger partial charge on any atom is -0.353 e. The summed E-state index contributed by atoms with van der Waals surface area (Å²) >= 11 is 6.30. The number of rotatable bonds is 4. The van der Waals surface area contributed by atoms with Crippen molar-refractivity contribution in [1.82, 2.24) is 19.9 Å². The lowest BCUT2D eigenvalue weighted by Crippen LogP contribution is -2.49. The second-order valence-corrected chi connectivity index (χ2v) is 11.0. The fourth-order valence-corrected chi connectivity index (χ4v) is 6.43. The maximum Gasteiger partial charge on any atom is 0.419 e. The Morgan fingerprint density at radius 1 is 0.795 bits per heavy atom. The molecule has 1 aromatic carbocycles.